The van der Waals surface area contributed by atoms with Crippen molar-refractivity contribution in [2.75, 3.05) is 6.61 Å². The number of hydrogen-bond donors (Lipinski definition) is 5. The summed E-state index contributed by atoms with van der Waals surface area (Å²) in [5, 5.41) is 2.52. The van der Waals surface area contributed by atoms with E-state index in [9.17, 15) is 26.7 Å². The van der Waals surface area contributed by atoms with Crippen LogP contribution in [-0.2, 0) is 10.3 Å². The van der Waals surface area contributed by atoms with Gasteiger partial charge in [0.05, 0.1) is 12.2 Å². The van der Waals surface area contributed by atoms with Gasteiger partial charge in [0.1, 0.15) is 17.5 Å². The van der Waals surface area contributed by atoms with E-state index < -0.39 is 36.6 Å². The van der Waals surface area contributed by atoms with Crippen molar-refractivity contribution in [1.82, 2.24) is 27.2 Å². The fourth-order valence-electron chi connectivity index (χ4n) is 4.28. The Morgan fingerprint density at radius 2 is 1.67 bits per heavy atom. The summed E-state index contributed by atoms with van der Waals surface area (Å²) in [6.07, 6.45) is -9.29. The fraction of sp³-hybridized carbons (Fsp3) is 0.375. The topological polar surface area (TPSA) is 86.5 Å². The number of rotatable bonds is 8. The minimum atomic E-state index is -4.27. The van der Waals surface area contributed by atoms with Gasteiger partial charge >= 0.3 is 6.18 Å². The Hall–Kier alpha value is -3.06. The number of alkyl halides is 5. The third-order valence-corrected chi connectivity index (χ3v) is 6.16. The SMILES string of the molecule is Cc1ccc(C2=C(C3NNNN3)C(=O)NC(c3ccc(OCCCC(F)(F)F)cc3)(C(F)F)C2)cc1. The molecular weight excluding hydrogens is 485 g/mol. The zero-order chi connectivity index (χ0) is 25.9. The Bertz CT molecular complexity index is 1100. The maximum Gasteiger partial charge on any atom is 0.389 e. The molecule has 2 aliphatic rings. The van der Waals surface area contributed by atoms with Gasteiger partial charge in [-0.15, -0.1) is 0 Å². The van der Waals surface area contributed by atoms with E-state index >= 15 is 0 Å². The lowest BCUT2D eigenvalue weighted by Gasteiger charge is -2.40. The highest BCUT2D eigenvalue weighted by Gasteiger charge is 2.49. The van der Waals surface area contributed by atoms with Gasteiger partial charge in [-0.25, -0.2) is 19.6 Å². The number of aryl methyl sites for hydroxylation is 1. The van der Waals surface area contributed by atoms with Gasteiger partial charge in [-0.05, 0) is 42.2 Å². The zero-order valence-electron chi connectivity index (χ0n) is 19.3. The van der Waals surface area contributed by atoms with Gasteiger partial charge in [0, 0.05) is 12.8 Å². The number of benzene rings is 2. The predicted molar refractivity (Wildman–Crippen MR) is 122 cm³/mol. The number of carbonyl (C=O) groups is 1. The van der Waals surface area contributed by atoms with Crippen molar-refractivity contribution in [1.29, 1.82) is 0 Å². The summed E-state index contributed by atoms with van der Waals surface area (Å²) in [6.45, 7) is 1.74. The fourth-order valence-corrected chi connectivity index (χ4v) is 4.28. The Labute approximate surface area is 204 Å². The molecule has 2 aromatic carbocycles. The van der Waals surface area contributed by atoms with Crippen LogP contribution in [-0.4, -0.2) is 31.3 Å². The van der Waals surface area contributed by atoms with Gasteiger partial charge < -0.3 is 10.1 Å². The lowest BCUT2D eigenvalue weighted by atomic mass is 9.76. The van der Waals surface area contributed by atoms with E-state index in [4.69, 9.17) is 4.74 Å². The summed E-state index contributed by atoms with van der Waals surface area (Å²) in [7, 11) is 0. The second-order valence-corrected chi connectivity index (χ2v) is 8.72. The molecule has 0 aromatic heterocycles. The molecule has 0 radical (unpaired) electrons. The monoisotopic (exact) mass is 511 g/mol. The molecule has 0 bridgehead atoms. The number of amides is 1. The normalized spacial score (nSPS) is 21.2. The van der Waals surface area contributed by atoms with Gasteiger partial charge in [-0.3, -0.25) is 4.79 Å². The van der Waals surface area contributed by atoms with Gasteiger partial charge in [-0.2, -0.15) is 24.2 Å². The second-order valence-electron chi connectivity index (χ2n) is 8.72. The molecule has 0 saturated carbocycles. The number of ether oxygens (including phenoxy) is 1. The lowest BCUT2D eigenvalue weighted by molar-refractivity contribution is -0.136. The third-order valence-electron chi connectivity index (χ3n) is 6.16. The maximum absolute atomic E-state index is 14.7. The molecule has 1 atom stereocenters. The second kappa shape index (κ2) is 10.5. The van der Waals surface area contributed by atoms with Crippen molar-refractivity contribution in [2.24, 2.45) is 0 Å². The molecule has 4 rings (SSSR count). The van der Waals surface area contributed by atoms with Gasteiger partial charge in [0.25, 0.3) is 12.3 Å². The van der Waals surface area contributed by atoms with Crippen LogP contribution in [0.3, 0.4) is 0 Å². The molecule has 0 aliphatic carbocycles. The Balaban J connectivity index is 1.64. The first-order chi connectivity index (χ1) is 17.1. The molecule has 12 heteroatoms. The van der Waals surface area contributed by atoms with Crippen LogP contribution in [0.25, 0.3) is 5.57 Å². The summed E-state index contributed by atoms with van der Waals surface area (Å²) in [4.78, 5) is 13.3. The standard InChI is InChI=1S/C24H26F5N5O2/c1-14-3-5-15(6-4-14)18-13-23(22(25)26,30-21(35)19(18)20-31-33-34-32-20)16-7-9-17(10-8-16)36-12-2-11-24(27,28)29/h3-10,20,22,31-34H,2,11-13H2,1H3,(H,30,35). The molecule has 0 spiro atoms. The van der Waals surface area contributed by atoms with E-state index in [0.29, 0.717) is 11.1 Å². The zero-order valence-corrected chi connectivity index (χ0v) is 19.3. The van der Waals surface area contributed by atoms with Gasteiger partial charge in [0.2, 0.25) is 0 Å². The maximum atomic E-state index is 14.7. The molecule has 194 valence electrons. The highest BCUT2D eigenvalue weighted by atomic mass is 19.4. The van der Waals surface area contributed by atoms with Crippen molar-refractivity contribution in [2.45, 2.75) is 50.5 Å². The minimum Gasteiger partial charge on any atom is -0.494 e. The van der Waals surface area contributed by atoms with E-state index in [-0.39, 0.29) is 36.3 Å². The Kier molecular flexibility index (Phi) is 7.59. The summed E-state index contributed by atoms with van der Waals surface area (Å²) in [6, 6.07) is 12.9. The van der Waals surface area contributed by atoms with Crippen LogP contribution in [0.5, 0.6) is 5.75 Å². The minimum absolute atomic E-state index is 0.153. The van der Waals surface area contributed by atoms with E-state index in [1.807, 2.05) is 19.1 Å². The summed E-state index contributed by atoms with van der Waals surface area (Å²) in [5.41, 5.74) is 11.4. The highest BCUT2D eigenvalue weighted by molar-refractivity contribution is 6.05. The smallest absolute Gasteiger partial charge is 0.389 e. The van der Waals surface area contributed by atoms with Crippen LogP contribution in [0.4, 0.5) is 22.0 Å². The molecule has 36 heavy (non-hydrogen) atoms. The first-order valence-electron chi connectivity index (χ1n) is 11.3. The van der Waals surface area contributed by atoms with E-state index in [1.54, 1.807) is 12.1 Å². The van der Waals surface area contributed by atoms with Crippen LogP contribution in [0.2, 0.25) is 0 Å². The number of hydrazine groups is 3. The Morgan fingerprint density at radius 1 is 1.03 bits per heavy atom. The van der Waals surface area contributed by atoms with Crippen molar-refractivity contribution < 1.29 is 31.5 Å². The molecule has 1 fully saturated rings. The van der Waals surface area contributed by atoms with Crippen LogP contribution in [0, 0.1) is 6.92 Å². The van der Waals surface area contributed by atoms with Crippen LogP contribution in [0.15, 0.2) is 54.1 Å². The first kappa shape index (κ1) is 26.0. The van der Waals surface area contributed by atoms with Crippen LogP contribution in [0.1, 0.15) is 36.0 Å². The summed E-state index contributed by atoms with van der Waals surface area (Å²) in [5.74, 6) is -0.418. The van der Waals surface area contributed by atoms with Crippen molar-refractivity contribution in [3.63, 3.8) is 0 Å². The average molecular weight is 511 g/mol. The van der Waals surface area contributed by atoms with Gasteiger partial charge in [-0.1, -0.05) is 42.0 Å². The largest absolute Gasteiger partial charge is 0.494 e. The molecule has 7 nitrogen and oxygen atoms in total. The van der Waals surface area contributed by atoms with Crippen molar-refractivity contribution in [3.05, 3.63) is 70.8 Å². The quantitative estimate of drug-likeness (QED) is 0.275. The van der Waals surface area contributed by atoms with Crippen LogP contribution >= 0.6 is 0 Å². The molecule has 2 aromatic rings. The number of hydrogen-bond acceptors (Lipinski definition) is 6. The molecular formula is C24H26F5N5O2. The average Bonchev–Trinajstić information content (AvgIpc) is 3.36. The summed E-state index contributed by atoms with van der Waals surface area (Å²) < 4.78 is 71.7. The highest BCUT2D eigenvalue weighted by Crippen LogP contribution is 2.43. The number of carbonyl (C=O) groups excluding carboxylic acids is 1. The number of nitrogens with one attached hydrogen (secondary N) is 5. The van der Waals surface area contributed by atoms with Crippen LogP contribution < -0.4 is 32.0 Å². The predicted octanol–water partition coefficient (Wildman–Crippen LogP) is 3.59. The van der Waals surface area contributed by atoms with E-state index in [1.165, 1.54) is 24.3 Å². The van der Waals surface area contributed by atoms with E-state index in [0.717, 1.165) is 5.56 Å². The molecule has 1 unspecified atom stereocenters. The molecule has 2 heterocycles. The third kappa shape index (κ3) is 5.67. The van der Waals surface area contributed by atoms with E-state index in [2.05, 4.69) is 27.2 Å². The Morgan fingerprint density at radius 3 is 2.25 bits per heavy atom. The lowest BCUT2D eigenvalue weighted by Crippen LogP contribution is -2.57. The molecule has 1 saturated heterocycles. The van der Waals surface area contributed by atoms with Crippen molar-refractivity contribution in [3.8, 4) is 5.75 Å². The number of halogens is 5. The molecule has 5 N–H and O–H groups in total. The van der Waals surface area contributed by atoms with Crippen molar-refractivity contribution >= 4 is 11.5 Å². The molecule has 1 amide bonds. The molecule has 2 aliphatic heterocycles. The van der Waals surface area contributed by atoms with Gasteiger partial charge in [0.15, 0.2) is 0 Å². The first-order valence-corrected chi connectivity index (χ1v) is 11.3. The summed E-state index contributed by atoms with van der Waals surface area (Å²) >= 11 is 0.